The molecule has 108 valence electrons. The van der Waals surface area contributed by atoms with E-state index >= 15 is 0 Å². The van der Waals surface area contributed by atoms with Crippen molar-refractivity contribution in [2.24, 2.45) is 12.8 Å². The van der Waals surface area contributed by atoms with Crippen molar-refractivity contribution in [1.82, 2.24) is 9.55 Å². The number of nitrogens with zero attached hydrogens (tertiary/aromatic N) is 2. The summed E-state index contributed by atoms with van der Waals surface area (Å²) in [4.78, 5) is 3.94. The predicted octanol–water partition coefficient (Wildman–Crippen LogP) is 1.13. The standard InChI is InChI=1S/C12H15FN4O2S/c1-8-15-12(7-17(8)2)20(18,19)16-11-5-3-4-10(13)9(11)6-14/h3-5,7,16H,6,14H2,1-2H3. The van der Waals surface area contributed by atoms with Crippen molar-refractivity contribution in [3.63, 3.8) is 0 Å². The molecule has 1 heterocycles. The van der Waals surface area contributed by atoms with Gasteiger partial charge < -0.3 is 10.3 Å². The number of imidazole rings is 1. The second kappa shape index (κ2) is 5.22. The summed E-state index contributed by atoms with van der Waals surface area (Å²) in [6, 6.07) is 4.10. The van der Waals surface area contributed by atoms with Crippen LogP contribution in [0.1, 0.15) is 11.4 Å². The number of sulfonamides is 1. The van der Waals surface area contributed by atoms with Crippen molar-refractivity contribution >= 4 is 15.7 Å². The summed E-state index contributed by atoms with van der Waals surface area (Å²) in [5.41, 5.74) is 5.68. The van der Waals surface area contributed by atoms with E-state index < -0.39 is 15.8 Å². The largest absolute Gasteiger partial charge is 0.337 e. The third-order valence-corrected chi connectivity index (χ3v) is 4.17. The van der Waals surface area contributed by atoms with Gasteiger partial charge in [0.25, 0.3) is 10.0 Å². The molecular weight excluding hydrogens is 283 g/mol. The number of aryl methyl sites for hydroxylation is 2. The van der Waals surface area contributed by atoms with Gasteiger partial charge >= 0.3 is 0 Å². The molecule has 1 aromatic heterocycles. The van der Waals surface area contributed by atoms with Gasteiger partial charge in [-0.1, -0.05) is 6.07 Å². The highest BCUT2D eigenvalue weighted by Crippen LogP contribution is 2.21. The lowest BCUT2D eigenvalue weighted by atomic mass is 10.2. The minimum atomic E-state index is -3.87. The van der Waals surface area contributed by atoms with Crippen molar-refractivity contribution in [2.45, 2.75) is 18.5 Å². The van der Waals surface area contributed by atoms with E-state index in [1.54, 1.807) is 18.5 Å². The summed E-state index contributed by atoms with van der Waals surface area (Å²) in [5, 5.41) is -0.121. The van der Waals surface area contributed by atoms with Crippen molar-refractivity contribution in [3.8, 4) is 0 Å². The minimum absolute atomic E-state index is 0.105. The summed E-state index contributed by atoms with van der Waals surface area (Å²) in [6.07, 6.45) is 1.39. The van der Waals surface area contributed by atoms with E-state index in [1.165, 1.54) is 24.4 Å². The molecule has 0 aliphatic carbocycles. The Hall–Kier alpha value is -1.93. The Labute approximate surface area is 116 Å². The van der Waals surface area contributed by atoms with Gasteiger partial charge in [0, 0.05) is 25.4 Å². The lowest BCUT2D eigenvalue weighted by Crippen LogP contribution is -2.16. The number of nitrogens with one attached hydrogen (secondary N) is 1. The van der Waals surface area contributed by atoms with Gasteiger partial charge in [0.05, 0.1) is 5.69 Å². The molecule has 8 heteroatoms. The van der Waals surface area contributed by atoms with Crippen molar-refractivity contribution in [1.29, 1.82) is 0 Å². The van der Waals surface area contributed by atoms with Gasteiger partial charge in [-0.15, -0.1) is 0 Å². The van der Waals surface area contributed by atoms with E-state index in [0.29, 0.717) is 5.82 Å². The average Bonchev–Trinajstić information content (AvgIpc) is 2.70. The molecule has 2 aromatic rings. The fraction of sp³-hybridized carbons (Fsp3) is 0.250. The topological polar surface area (TPSA) is 90.0 Å². The maximum Gasteiger partial charge on any atom is 0.280 e. The average molecular weight is 298 g/mol. The summed E-state index contributed by atoms with van der Waals surface area (Å²) >= 11 is 0. The van der Waals surface area contributed by atoms with Gasteiger partial charge in [-0.25, -0.2) is 9.37 Å². The summed E-state index contributed by atoms with van der Waals surface area (Å²) in [6.45, 7) is 1.58. The van der Waals surface area contributed by atoms with Gasteiger partial charge in [0.2, 0.25) is 0 Å². The van der Waals surface area contributed by atoms with E-state index in [9.17, 15) is 12.8 Å². The fourth-order valence-electron chi connectivity index (χ4n) is 1.71. The van der Waals surface area contributed by atoms with Crippen LogP contribution in [0.15, 0.2) is 29.4 Å². The van der Waals surface area contributed by atoms with Crippen LogP contribution in [0.5, 0.6) is 0 Å². The Balaban J connectivity index is 2.41. The van der Waals surface area contributed by atoms with E-state index in [1.807, 2.05) is 0 Å². The Morgan fingerprint density at radius 2 is 2.15 bits per heavy atom. The molecule has 6 nitrogen and oxygen atoms in total. The number of hydrogen-bond donors (Lipinski definition) is 2. The molecule has 0 saturated carbocycles. The van der Waals surface area contributed by atoms with Crippen LogP contribution in [0.2, 0.25) is 0 Å². The number of benzene rings is 1. The van der Waals surface area contributed by atoms with Crippen LogP contribution in [0.25, 0.3) is 0 Å². The zero-order valence-corrected chi connectivity index (χ0v) is 11.9. The maximum atomic E-state index is 13.6. The number of halogens is 1. The normalized spacial score (nSPS) is 11.6. The number of hydrogen-bond acceptors (Lipinski definition) is 4. The Morgan fingerprint density at radius 1 is 1.45 bits per heavy atom. The van der Waals surface area contributed by atoms with Crippen LogP contribution in [0.4, 0.5) is 10.1 Å². The zero-order valence-electron chi connectivity index (χ0n) is 11.1. The number of anilines is 1. The van der Waals surface area contributed by atoms with Gasteiger partial charge in [-0.2, -0.15) is 8.42 Å². The molecule has 3 N–H and O–H groups in total. The SMILES string of the molecule is Cc1nc(S(=O)(=O)Nc2cccc(F)c2CN)cn1C. The molecule has 0 aliphatic heterocycles. The smallest absolute Gasteiger partial charge is 0.280 e. The summed E-state index contributed by atoms with van der Waals surface area (Å²) < 4.78 is 41.9. The second-order valence-corrected chi connectivity index (χ2v) is 5.94. The molecular formula is C12H15FN4O2S. The first-order chi connectivity index (χ1) is 9.35. The molecule has 0 aliphatic rings. The molecule has 1 aromatic carbocycles. The Kier molecular flexibility index (Phi) is 3.78. The summed E-state index contributed by atoms with van der Waals surface area (Å²) in [7, 11) is -2.18. The molecule has 0 bridgehead atoms. The predicted molar refractivity (Wildman–Crippen MR) is 73.0 cm³/mol. The summed E-state index contributed by atoms with van der Waals surface area (Å²) in [5.74, 6) is 0.00793. The van der Waals surface area contributed by atoms with E-state index in [-0.39, 0.29) is 22.8 Å². The highest BCUT2D eigenvalue weighted by atomic mass is 32.2. The van der Waals surface area contributed by atoms with Crippen LogP contribution in [-0.2, 0) is 23.6 Å². The quantitative estimate of drug-likeness (QED) is 0.885. The first-order valence-electron chi connectivity index (χ1n) is 5.85. The molecule has 0 atom stereocenters. The lowest BCUT2D eigenvalue weighted by molar-refractivity contribution is 0.597. The minimum Gasteiger partial charge on any atom is -0.337 e. The number of rotatable bonds is 4. The molecule has 2 rings (SSSR count). The zero-order chi connectivity index (χ0) is 14.9. The highest BCUT2D eigenvalue weighted by molar-refractivity contribution is 7.92. The van der Waals surface area contributed by atoms with Crippen molar-refractivity contribution < 1.29 is 12.8 Å². The van der Waals surface area contributed by atoms with Crippen LogP contribution >= 0.6 is 0 Å². The molecule has 0 unspecified atom stereocenters. The van der Waals surface area contributed by atoms with Gasteiger partial charge in [-0.3, -0.25) is 4.72 Å². The van der Waals surface area contributed by atoms with E-state index in [0.717, 1.165) is 0 Å². The van der Waals surface area contributed by atoms with E-state index in [4.69, 9.17) is 5.73 Å². The third kappa shape index (κ3) is 2.66. The lowest BCUT2D eigenvalue weighted by Gasteiger charge is -2.10. The maximum absolute atomic E-state index is 13.6. The van der Waals surface area contributed by atoms with Gasteiger partial charge in [0.1, 0.15) is 11.6 Å². The second-order valence-electron chi connectivity index (χ2n) is 4.31. The van der Waals surface area contributed by atoms with Gasteiger partial charge in [0.15, 0.2) is 5.03 Å². The fourth-order valence-corrected chi connectivity index (χ4v) is 2.85. The molecule has 0 amide bonds. The van der Waals surface area contributed by atoms with E-state index in [2.05, 4.69) is 9.71 Å². The van der Waals surface area contributed by atoms with Crippen LogP contribution in [0, 0.1) is 12.7 Å². The van der Waals surface area contributed by atoms with Gasteiger partial charge in [-0.05, 0) is 19.1 Å². The molecule has 0 spiro atoms. The first kappa shape index (κ1) is 14.5. The van der Waals surface area contributed by atoms with Crippen LogP contribution in [-0.4, -0.2) is 18.0 Å². The molecule has 0 saturated heterocycles. The third-order valence-electron chi connectivity index (χ3n) is 2.93. The first-order valence-corrected chi connectivity index (χ1v) is 7.33. The van der Waals surface area contributed by atoms with Crippen LogP contribution < -0.4 is 10.5 Å². The Morgan fingerprint density at radius 3 is 2.70 bits per heavy atom. The number of nitrogens with two attached hydrogens (primary N) is 1. The van der Waals surface area contributed by atoms with Crippen molar-refractivity contribution in [3.05, 3.63) is 41.6 Å². The highest BCUT2D eigenvalue weighted by Gasteiger charge is 2.20. The monoisotopic (exact) mass is 298 g/mol. The number of aromatic nitrogens is 2. The molecule has 0 radical (unpaired) electrons. The van der Waals surface area contributed by atoms with Crippen LogP contribution in [0.3, 0.4) is 0 Å². The molecule has 20 heavy (non-hydrogen) atoms. The molecule has 0 fully saturated rings. The Bertz CT molecular complexity index is 720. The van der Waals surface area contributed by atoms with Crippen molar-refractivity contribution in [2.75, 3.05) is 4.72 Å².